The maximum atomic E-state index is 11.4. The molecule has 1 saturated carbocycles. The number of amides is 1. The summed E-state index contributed by atoms with van der Waals surface area (Å²) in [6, 6.07) is 8.84. The van der Waals surface area contributed by atoms with Crippen LogP contribution in [0.15, 0.2) is 24.3 Å². The first-order valence-electron chi connectivity index (χ1n) is 6.55. The highest BCUT2D eigenvalue weighted by atomic mass is 16.2. The van der Waals surface area contributed by atoms with Crippen molar-refractivity contribution in [3.8, 4) is 0 Å². The molecule has 0 radical (unpaired) electrons. The Morgan fingerprint density at radius 2 is 2.06 bits per heavy atom. The molecule has 0 atom stereocenters. The summed E-state index contributed by atoms with van der Waals surface area (Å²) in [5, 5.41) is 0. The third-order valence-corrected chi connectivity index (χ3v) is 3.47. The van der Waals surface area contributed by atoms with Crippen molar-refractivity contribution < 1.29 is 4.79 Å². The lowest BCUT2D eigenvalue weighted by Crippen LogP contribution is -2.32. The second-order valence-electron chi connectivity index (χ2n) is 4.81. The monoisotopic (exact) mass is 247 g/mol. The Hall–Kier alpha value is -1.39. The molecular weight excluding hydrogens is 226 g/mol. The molecule has 1 amide bonds. The molecule has 2 rings (SSSR count). The summed E-state index contributed by atoms with van der Waals surface area (Å²) >= 11 is 0. The summed E-state index contributed by atoms with van der Waals surface area (Å²) in [5.41, 5.74) is 4.49. The Morgan fingerprint density at radius 1 is 1.39 bits per heavy atom. The Labute approximate surface area is 108 Å². The van der Waals surface area contributed by atoms with Crippen molar-refractivity contribution in [3.05, 3.63) is 35.4 Å². The Bertz CT molecular complexity index is 415. The van der Waals surface area contributed by atoms with Crippen LogP contribution in [0.5, 0.6) is 0 Å². The maximum absolute atomic E-state index is 11.4. The first-order valence-corrected chi connectivity index (χ1v) is 6.55. The van der Waals surface area contributed by atoms with Gasteiger partial charge in [0.2, 0.25) is 5.91 Å². The normalized spacial score (nSPS) is 14.8. The van der Waals surface area contributed by atoms with Gasteiger partial charge in [0.25, 0.3) is 0 Å². The SMILES string of the molecule is CCN(Cc1ccccc1CC(=O)NN)C1CC1. The van der Waals surface area contributed by atoms with Gasteiger partial charge in [-0.3, -0.25) is 15.1 Å². The minimum absolute atomic E-state index is 0.142. The van der Waals surface area contributed by atoms with E-state index in [0.29, 0.717) is 6.42 Å². The van der Waals surface area contributed by atoms with Crippen LogP contribution in [0.4, 0.5) is 0 Å². The van der Waals surface area contributed by atoms with E-state index in [1.807, 2.05) is 18.2 Å². The fourth-order valence-corrected chi connectivity index (χ4v) is 2.27. The van der Waals surface area contributed by atoms with E-state index < -0.39 is 0 Å². The number of nitrogens with two attached hydrogens (primary N) is 1. The number of nitrogens with zero attached hydrogens (tertiary/aromatic N) is 1. The molecule has 0 aromatic heterocycles. The Morgan fingerprint density at radius 3 is 2.61 bits per heavy atom. The Kier molecular flexibility index (Phi) is 4.33. The highest BCUT2D eigenvalue weighted by Crippen LogP contribution is 2.28. The average Bonchev–Trinajstić information content (AvgIpc) is 3.22. The smallest absolute Gasteiger partial charge is 0.238 e. The molecule has 1 fully saturated rings. The summed E-state index contributed by atoms with van der Waals surface area (Å²) in [7, 11) is 0. The van der Waals surface area contributed by atoms with Crippen LogP contribution in [0.1, 0.15) is 30.9 Å². The summed E-state index contributed by atoms with van der Waals surface area (Å²) < 4.78 is 0. The molecule has 0 spiro atoms. The fourth-order valence-electron chi connectivity index (χ4n) is 2.27. The zero-order chi connectivity index (χ0) is 13.0. The van der Waals surface area contributed by atoms with Crippen molar-refractivity contribution >= 4 is 5.91 Å². The molecule has 0 aliphatic heterocycles. The van der Waals surface area contributed by atoms with E-state index in [-0.39, 0.29) is 5.91 Å². The van der Waals surface area contributed by atoms with E-state index in [4.69, 9.17) is 5.84 Å². The molecule has 18 heavy (non-hydrogen) atoms. The van der Waals surface area contributed by atoms with E-state index >= 15 is 0 Å². The highest BCUT2D eigenvalue weighted by molar-refractivity contribution is 5.78. The number of rotatable bonds is 6. The van der Waals surface area contributed by atoms with E-state index in [9.17, 15) is 4.79 Å². The van der Waals surface area contributed by atoms with Crippen molar-refractivity contribution in [1.29, 1.82) is 0 Å². The minimum atomic E-state index is -0.142. The van der Waals surface area contributed by atoms with E-state index in [1.54, 1.807) is 0 Å². The largest absolute Gasteiger partial charge is 0.296 e. The molecule has 4 heteroatoms. The van der Waals surface area contributed by atoms with Crippen LogP contribution in [0.2, 0.25) is 0 Å². The van der Waals surface area contributed by atoms with Gasteiger partial charge in [0.15, 0.2) is 0 Å². The first-order chi connectivity index (χ1) is 8.74. The van der Waals surface area contributed by atoms with Crippen molar-refractivity contribution in [2.45, 2.75) is 38.8 Å². The molecule has 98 valence electrons. The van der Waals surface area contributed by atoms with Crippen LogP contribution in [0.3, 0.4) is 0 Å². The lowest BCUT2D eigenvalue weighted by Gasteiger charge is -2.21. The van der Waals surface area contributed by atoms with Crippen LogP contribution < -0.4 is 11.3 Å². The van der Waals surface area contributed by atoms with Crippen molar-refractivity contribution in [2.75, 3.05) is 6.54 Å². The molecular formula is C14H21N3O. The van der Waals surface area contributed by atoms with E-state index in [2.05, 4.69) is 23.3 Å². The molecule has 1 aromatic rings. The molecule has 4 nitrogen and oxygen atoms in total. The number of hydrogen-bond acceptors (Lipinski definition) is 3. The molecule has 0 heterocycles. The number of benzene rings is 1. The van der Waals surface area contributed by atoms with Gasteiger partial charge in [-0.1, -0.05) is 31.2 Å². The van der Waals surface area contributed by atoms with Crippen LogP contribution in [0, 0.1) is 0 Å². The molecule has 1 aromatic carbocycles. The van der Waals surface area contributed by atoms with Gasteiger partial charge >= 0.3 is 0 Å². The van der Waals surface area contributed by atoms with E-state index in [1.165, 1.54) is 18.4 Å². The zero-order valence-electron chi connectivity index (χ0n) is 10.9. The number of carbonyl (C=O) groups excluding carboxylic acids is 1. The van der Waals surface area contributed by atoms with Gasteiger partial charge in [0.1, 0.15) is 0 Å². The number of hydrogen-bond donors (Lipinski definition) is 2. The van der Waals surface area contributed by atoms with Crippen molar-refractivity contribution in [3.63, 3.8) is 0 Å². The van der Waals surface area contributed by atoms with Gasteiger partial charge in [0, 0.05) is 12.6 Å². The van der Waals surface area contributed by atoms with Crippen molar-refractivity contribution in [2.24, 2.45) is 5.84 Å². The van der Waals surface area contributed by atoms with Crippen LogP contribution in [0.25, 0.3) is 0 Å². The molecule has 0 unspecified atom stereocenters. The van der Waals surface area contributed by atoms with E-state index in [0.717, 1.165) is 24.7 Å². The maximum Gasteiger partial charge on any atom is 0.238 e. The molecule has 0 saturated heterocycles. The van der Waals surface area contributed by atoms with Gasteiger partial charge in [-0.25, -0.2) is 5.84 Å². The Balaban J connectivity index is 2.08. The highest BCUT2D eigenvalue weighted by Gasteiger charge is 2.28. The zero-order valence-corrected chi connectivity index (χ0v) is 10.9. The third kappa shape index (κ3) is 3.31. The van der Waals surface area contributed by atoms with Crippen LogP contribution >= 0.6 is 0 Å². The van der Waals surface area contributed by atoms with Gasteiger partial charge in [-0.2, -0.15) is 0 Å². The molecule has 1 aliphatic rings. The lowest BCUT2D eigenvalue weighted by atomic mass is 10.0. The second kappa shape index (κ2) is 5.98. The number of hydrazine groups is 1. The van der Waals surface area contributed by atoms with Gasteiger partial charge in [-0.05, 0) is 30.5 Å². The molecule has 3 N–H and O–H groups in total. The second-order valence-corrected chi connectivity index (χ2v) is 4.81. The number of carbonyl (C=O) groups is 1. The summed E-state index contributed by atoms with van der Waals surface area (Å²) in [4.78, 5) is 13.9. The number of nitrogens with one attached hydrogen (secondary N) is 1. The van der Waals surface area contributed by atoms with Crippen LogP contribution in [-0.2, 0) is 17.8 Å². The molecule has 0 bridgehead atoms. The van der Waals surface area contributed by atoms with Gasteiger partial charge in [-0.15, -0.1) is 0 Å². The quantitative estimate of drug-likeness (QED) is 0.451. The predicted molar refractivity (Wildman–Crippen MR) is 71.6 cm³/mol. The summed E-state index contributed by atoms with van der Waals surface area (Å²) in [6.07, 6.45) is 2.97. The first kappa shape index (κ1) is 13.1. The standard InChI is InChI=1S/C14H21N3O/c1-2-17(13-7-8-13)10-12-6-4-3-5-11(12)9-14(18)16-15/h3-6,13H,2,7-10,15H2,1H3,(H,16,18). The lowest BCUT2D eigenvalue weighted by molar-refractivity contribution is -0.120. The summed E-state index contributed by atoms with van der Waals surface area (Å²) in [5.74, 6) is 5.00. The van der Waals surface area contributed by atoms with Gasteiger partial charge in [0.05, 0.1) is 6.42 Å². The molecule has 1 aliphatic carbocycles. The summed E-state index contributed by atoms with van der Waals surface area (Å²) in [6.45, 7) is 4.17. The third-order valence-electron chi connectivity index (χ3n) is 3.47. The average molecular weight is 247 g/mol. The predicted octanol–water partition coefficient (Wildman–Crippen LogP) is 1.20. The van der Waals surface area contributed by atoms with Gasteiger partial charge < -0.3 is 0 Å². The fraction of sp³-hybridized carbons (Fsp3) is 0.500. The van der Waals surface area contributed by atoms with Crippen LogP contribution in [-0.4, -0.2) is 23.4 Å². The minimum Gasteiger partial charge on any atom is -0.296 e. The topological polar surface area (TPSA) is 58.4 Å². The van der Waals surface area contributed by atoms with Crippen molar-refractivity contribution in [1.82, 2.24) is 10.3 Å².